The minimum absolute atomic E-state index is 0.0817. The van der Waals surface area contributed by atoms with Crippen molar-refractivity contribution in [2.24, 2.45) is 0 Å². The van der Waals surface area contributed by atoms with Gasteiger partial charge in [0.05, 0.1) is 11.4 Å². The van der Waals surface area contributed by atoms with Gasteiger partial charge in [-0.15, -0.1) is 0 Å². The summed E-state index contributed by atoms with van der Waals surface area (Å²) in [4.78, 5) is 36.3. The van der Waals surface area contributed by atoms with Crippen LogP contribution < -0.4 is 10.9 Å². The second-order valence-electron chi connectivity index (χ2n) is 8.98. The largest absolute Gasteiger partial charge is 0.352 e. The lowest BCUT2D eigenvalue weighted by atomic mass is 10.1. The molecule has 1 amide bonds. The van der Waals surface area contributed by atoms with Crippen molar-refractivity contribution >= 4 is 22.9 Å². The van der Waals surface area contributed by atoms with Gasteiger partial charge in [0, 0.05) is 73.7 Å². The molecule has 0 radical (unpaired) electrons. The lowest BCUT2D eigenvalue weighted by molar-refractivity contribution is 0.0579. The Morgan fingerprint density at radius 1 is 1.09 bits per heavy atom. The number of nitrogens with zero attached hydrogens (tertiary/aromatic N) is 4. The molecule has 1 aliphatic rings. The standard InChI is InChI=1S/C27H30N6O2/c1-3-19(2)31-14-16-32(17-15-31)27(35)20-4-6-22(7-5-20)30-23-8-9-24(33-13-12-29-26(23)33)21-10-11-28-25(34)18-21/h4-13,18-19,30H,3,14-17H2,1-2H3,(H,28,34). The number of hydrogen-bond acceptors (Lipinski definition) is 5. The fourth-order valence-electron chi connectivity index (χ4n) is 4.61. The number of benzene rings is 1. The molecule has 1 saturated heterocycles. The quantitative estimate of drug-likeness (QED) is 0.445. The SMILES string of the molecule is CCC(C)N1CCN(C(=O)c2ccc(Nc3ccc(-c4cc[nH]c(=O)c4)n4ccnc34)cc2)CC1. The average Bonchev–Trinajstić information content (AvgIpc) is 3.39. The number of fused-ring (bicyclic) bond motifs is 1. The summed E-state index contributed by atoms with van der Waals surface area (Å²) >= 11 is 0. The number of nitrogens with one attached hydrogen (secondary N) is 2. The van der Waals surface area contributed by atoms with Crippen LogP contribution in [0.3, 0.4) is 0 Å². The van der Waals surface area contributed by atoms with Gasteiger partial charge in [0.25, 0.3) is 5.91 Å². The molecule has 4 aromatic rings. The van der Waals surface area contributed by atoms with E-state index >= 15 is 0 Å². The Kier molecular flexibility index (Phi) is 6.37. The summed E-state index contributed by atoms with van der Waals surface area (Å²) in [5.74, 6) is 0.0817. The Morgan fingerprint density at radius 2 is 1.86 bits per heavy atom. The van der Waals surface area contributed by atoms with Crippen molar-refractivity contribution in [1.29, 1.82) is 0 Å². The van der Waals surface area contributed by atoms with Gasteiger partial charge in [0.1, 0.15) is 0 Å². The van der Waals surface area contributed by atoms with Crippen molar-refractivity contribution in [3.63, 3.8) is 0 Å². The molecule has 180 valence electrons. The van der Waals surface area contributed by atoms with E-state index in [1.54, 1.807) is 18.5 Å². The number of rotatable bonds is 6. The van der Waals surface area contributed by atoms with E-state index in [0.29, 0.717) is 11.6 Å². The summed E-state index contributed by atoms with van der Waals surface area (Å²) in [6.07, 6.45) is 6.38. The first-order chi connectivity index (χ1) is 17.0. The van der Waals surface area contributed by atoms with Crippen molar-refractivity contribution in [3.05, 3.63) is 83.0 Å². The molecule has 0 bridgehead atoms. The van der Waals surface area contributed by atoms with Crippen LogP contribution in [-0.4, -0.2) is 62.3 Å². The molecule has 0 spiro atoms. The van der Waals surface area contributed by atoms with E-state index in [9.17, 15) is 9.59 Å². The van der Waals surface area contributed by atoms with Crippen molar-refractivity contribution in [1.82, 2.24) is 24.2 Å². The molecular weight excluding hydrogens is 440 g/mol. The van der Waals surface area contributed by atoms with Gasteiger partial charge in [-0.05, 0) is 55.8 Å². The Morgan fingerprint density at radius 3 is 2.57 bits per heavy atom. The van der Waals surface area contributed by atoms with Gasteiger partial charge in [0.15, 0.2) is 5.65 Å². The zero-order chi connectivity index (χ0) is 24.4. The van der Waals surface area contributed by atoms with Gasteiger partial charge < -0.3 is 15.2 Å². The highest BCUT2D eigenvalue weighted by atomic mass is 16.2. The van der Waals surface area contributed by atoms with Gasteiger partial charge in [-0.1, -0.05) is 6.92 Å². The summed E-state index contributed by atoms with van der Waals surface area (Å²) in [6, 6.07) is 15.5. The predicted molar refractivity (Wildman–Crippen MR) is 138 cm³/mol. The maximum absolute atomic E-state index is 13.0. The van der Waals surface area contributed by atoms with Crippen LogP contribution in [0.1, 0.15) is 30.6 Å². The number of aromatic nitrogens is 3. The zero-order valence-corrected chi connectivity index (χ0v) is 20.1. The summed E-state index contributed by atoms with van der Waals surface area (Å²) < 4.78 is 1.95. The van der Waals surface area contributed by atoms with Crippen molar-refractivity contribution in [2.75, 3.05) is 31.5 Å². The molecule has 8 heteroatoms. The number of piperazine rings is 1. The van der Waals surface area contributed by atoms with E-state index in [-0.39, 0.29) is 11.5 Å². The second-order valence-corrected chi connectivity index (χ2v) is 8.98. The van der Waals surface area contributed by atoms with E-state index in [2.05, 4.69) is 34.0 Å². The number of carbonyl (C=O) groups excluding carboxylic acids is 1. The van der Waals surface area contributed by atoms with E-state index in [1.807, 2.05) is 58.0 Å². The van der Waals surface area contributed by atoms with Gasteiger partial charge in [-0.2, -0.15) is 0 Å². The number of anilines is 2. The molecule has 0 aliphatic carbocycles. The van der Waals surface area contributed by atoms with Crippen LogP contribution in [0.2, 0.25) is 0 Å². The van der Waals surface area contributed by atoms with Crippen molar-refractivity contribution < 1.29 is 4.79 Å². The van der Waals surface area contributed by atoms with E-state index in [4.69, 9.17) is 0 Å². The van der Waals surface area contributed by atoms with Crippen LogP contribution in [0, 0.1) is 0 Å². The van der Waals surface area contributed by atoms with Crippen LogP contribution in [0.5, 0.6) is 0 Å². The smallest absolute Gasteiger partial charge is 0.253 e. The molecule has 3 aromatic heterocycles. The van der Waals surface area contributed by atoms with Crippen LogP contribution in [0.4, 0.5) is 11.4 Å². The fraction of sp³-hybridized carbons (Fsp3) is 0.296. The summed E-state index contributed by atoms with van der Waals surface area (Å²) in [5.41, 5.74) is 4.70. The molecule has 2 N–H and O–H groups in total. The average molecular weight is 471 g/mol. The molecule has 1 aromatic carbocycles. The highest BCUT2D eigenvalue weighted by Crippen LogP contribution is 2.27. The highest BCUT2D eigenvalue weighted by Gasteiger charge is 2.24. The molecule has 4 heterocycles. The number of H-pyrrole nitrogens is 1. The Balaban J connectivity index is 1.30. The number of carbonyl (C=O) groups is 1. The third kappa shape index (κ3) is 4.70. The van der Waals surface area contributed by atoms with E-state index < -0.39 is 0 Å². The Bertz CT molecular complexity index is 1380. The van der Waals surface area contributed by atoms with Crippen LogP contribution in [0.15, 0.2) is 71.9 Å². The number of aromatic amines is 1. The van der Waals surface area contributed by atoms with Crippen LogP contribution in [0.25, 0.3) is 16.9 Å². The van der Waals surface area contributed by atoms with Crippen LogP contribution >= 0.6 is 0 Å². The molecule has 1 atom stereocenters. The van der Waals surface area contributed by atoms with E-state index in [0.717, 1.165) is 60.9 Å². The van der Waals surface area contributed by atoms with Crippen LogP contribution in [-0.2, 0) is 0 Å². The summed E-state index contributed by atoms with van der Waals surface area (Å²) in [6.45, 7) is 7.83. The Hall–Kier alpha value is -3.91. The number of amides is 1. The van der Waals surface area contributed by atoms with Crippen molar-refractivity contribution in [2.45, 2.75) is 26.3 Å². The third-order valence-electron chi connectivity index (χ3n) is 6.85. The number of pyridine rings is 2. The molecule has 5 rings (SSSR count). The minimum Gasteiger partial charge on any atom is -0.352 e. The minimum atomic E-state index is -0.148. The summed E-state index contributed by atoms with van der Waals surface area (Å²) in [7, 11) is 0. The number of hydrogen-bond donors (Lipinski definition) is 2. The third-order valence-corrected chi connectivity index (χ3v) is 6.85. The fourth-order valence-corrected chi connectivity index (χ4v) is 4.61. The highest BCUT2D eigenvalue weighted by molar-refractivity contribution is 5.94. The maximum atomic E-state index is 13.0. The number of imidazole rings is 1. The normalized spacial score (nSPS) is 15.3. The monoisotopic (exact) mass is 470 g/mol. The molecule has 8 nitrogen and oxygen atoms in total. The second kappa shape index (κ2) is 9.76. The van der Waals surface area contributed by atoms with E-state index in [1.165, 1.54) is 0 Å². The first-order valence-electron chi connectivity index (χ1n) is 12.1. The molecule has 1 unspecified atom stereocenters. The lowest BCUT2D eigenvalue weighted by Gasteiger charge is -2.37. The van der Waals surface area contributed by atoms with Gasteiger partial charge in [-0.3, -0.25) is 18.9 Å². The molecule has 0 saturated carbocycles. The zero-order valence-electron chi connectivity index (χ0n) is 20.1. The predicted octanol–water partition coefficient (Wildman–Crippen LogP) is 3.99. The van der Waals surface area contributed by atoms with Gasteiger partial charge >= 0.3 is 0 Å². The summed E-state index contributed by atoms with van der Waals surface area (Å²) in [5, 5.41) is 3.41. The first-order valence-corrected chi connectivity index (χ1v) is 12.1. The molecule has 1 fully saturated rings. The maximum Gasteiger partial charge on any atom is 0.253 e. The van der Waals surface area contributed by atoms with Gasteiger partial charge in [-0.25, -0.2) is 4.98 Å². The van der Waals surface area contributed by atoms with Crippen molar-refractivity contribution in [3.8, 4) is 11.3 Å². The Labute approximate surface area is 204 Å². The molecular formula is C27H30N6O2. The first kappa shape index (κ1) is 22.9. The molecule has 1 aliphatic heterocycles. The van der Waals surface area contributed by atoms with Gasteiger partial charge in [0.2, 0.25) is 5.56 Å². The molecule has 35 heavy (non-hydrogen) atoms. The lowest BCUT2D eigenvalue weighted by Crippen LogP contribution is -2.51. The topological polar surface area (TPSA) is 85.7 Å².